The highest BCUT2D eigenvalue weighted by Gasteiger charge is 2.37. The van der Waals surface area contributed by atoms with E-state index >= 15 is 0 Å². The van der Waals surface area contributed by atoms with Gasteiger partial charge in [-0.05, 0) is 54.5 Å². The Labute approximate surface area is 213 Å². The van der Waals surface area contributed by atoms with Crippen molar-refractivity contribution in [1.29, 1.82) is 0 Å². The van der Waals surface area contributed by atoms with Gasteiger partial charge in [-0.25, -0.2) is 14.4 Å². The number of amides is 1. The summed E-state index contributed by atoms with van der Waals surface area (Å²) in [4.78, 5) is 24.0. The van der Waals surface area contributed by atoms with Gasteiger partial charge in [0.25, 0.3) is 0 Å². The van der Waals surface area contributed by atoms with Gasteiger partial charge in [-0.2, -0.15) is 0 Å². The average molecular weight is 505 g/mol. The first-order valence-corrected chi connectivity index (χ1v) is 12.6. The summed E-state index contributed by atoms with van der Waals surface area (Å²) in [6.07, 6.45) is 4.66. The largest absolute Gasteiger partial charge is 0.494 e. The number of fused-ring (bicyclic) bond motifs is 1. The number of hydrogen-bond acceptors (Lipinski definition) is 4. The van der Waals surface area contributed by atoms with E-state index < -0.39 is 5.82 Å². The number of rotatable bonds is 6. The maximum absolute atomic E-state index is 14.2. The molecule has 3 heterocycles. The molecule has 0 unspecified atom stereocenters. The lowest BCUT2D eigenvalue weighted by Gasteiger charge is -2.17. The second-order valence-corrected chi connectivity index (χ2v) is 10.1. The molecule has 0 radical (unpaired) electrons. The lowest BCUT2D eigenvalue weighted by Crippen LogP contribution is -2.30. The molecule has 36 heavy (non-hydrogen) atoms. The van der Waals surface area contributed by atoms with Crippen LogP contribution in [0.3, 0.4) is 0 Å². The lowest BCUT2D eigenvalue weighted by molar-refractivity contribution is -0.131. The first-order valence-electron chi connectivity index (χ1n) is 12.2. The third-order valence-corrected chi connectivity index (χ3v) is 7.35. The topological polar surface area (TPSA) is 60.3 Å². The van der Waals surface area contributed by atoms with Gasteiger partial charge >= 0.3 is 0 Å². The van der Waals surface area contributed by atoms with Gasteiger partial charge < -0.3 is 14.2 Å². The number of ether oxygens (including phenoxy) is 1. The summed E-state index contributed by atoms with van der Waals surface area (Å²) >= 11 is 6.21. The van der Waals surface area contributed by atoms with E-state index in [2.05, 4.69) is 9.55 Å². The normalized spacial score (nSPS) is 17.6. The molecular formula is C28H26ClFN4O2. The van der Waals surface area contributed by atoms with Crippen LogP contribution in [0.15, 0.2) is 54.7 Å². The quantitative estimate of drug-likeness (QED) is 0.332. The minimum absolute atomic E-state index is 0.222. The van der Waals surface area contributed by atoms with Crippen LogP contribution < -0.4 is 4.74 Å². The monoisotopic (exact) mass is 504 g/mol. The number of carbonyl (C=O) groups is 1. The highest BCUT2D eigenvalue weighted by Crippen LogP contribution is 2.34. The van der Waals surface area contributed by atoms with Crippen LogP contribution >= 0.6 is 11.6 Å². The predicted octanol–water partition coefficient (Wildman–Crippen LogP) is 5.82. The van der Waals surface area contributed by atoms with E-state index in [1.54, 1.807) is 12.3 Å². The van der Waals surface area contributed by atoms with Crippen LogP contribution in [0.2, 0.25) is 5.02 Å². The van der Waals surface area contributed by atoms with Gasteiger partial charge in [0, 0.05) is 37.3 Å². The molecule has 8 heteroatoms. The third kappa shape index (κ3) is 4.32. The smallest absolute Gasteiger partial charge is 0.225 e. The van der Waals surface area contributed by atoms with Crippen LogP contribution in [-0.4, -0.2) is 45.5 Å². The molecule has 2 fully saturated rings. The van der Waals surface area contributed by atoms with Crippen molar-refractivity contribution in [2.75, 3.05) is 20.2 Å². The molecule has 4 aromatic rings. The fourth-order valence-corrected chi connectivity index (χ4v) is 5.22. The highest BCUT2D eigenvalue weighted by molar-refractivity contribution is 6.31. The van der Waals surface area contributed by atoms with E-state index in [9.17, 15) is 9.18 Å². The number of aromatic nitrogens is 3. The summed E-state index contributed by atoms with van der Waals surface area (Å²) < 4.78 is 21.4. The summed E-state index contributed by atoms with van der Waals surface area (Å²) in [7, 11) is 1.45. The van der Waals surface area contributed by atoms with Gasteiger partial charge in [0.2, 0.25) is 5.91 Å². The molecule has 2 aromatic carbocycles. The van der Waals surface area contributed by atoms with Crippen LogP contribution in [-0.2, 0) is 11.3 Å². The van der Waals surface area contributed by atoms with Gasteiger partial charge in [0.15, 0.2) is 17.2 Å². The number of benzene rings is 2. The number of nitrogens with zero attached hydrogens (tertiary/aromatic N) is 4. The molecule has 1 saturated carbocycles. The fraction of sp³-hybridized carbons (Fsp3) is 0.321. The Balaban J connectivity index is 1.31. The Morgan fingerprint density at radius 2 is 1.83 bits per heavy atom. The van der Waals surface area contributed by atoms with Gasteiger partial charge in [-0.15, -0.1) is 0 Å². The Morgan fingerprint density at radius 3 is 2.56 bits per heavy atom. The molecule has 6 rings (SSSR count). The van der Waals surface area contributed by atoms with Crippen molar-refractivity contribution in [3.8, 4) is 28.3 Å². The number of pyridine rings is 1. The number of imidazole rings is 1. The van der Waals surface area contributed by atoms with Crippen LogP contribution in [0.1, 0.15) is 19.3 Å². The Bertz CT molecular complexity index is 1450. The highest BCUT2D eigenvalue weighted by atomic mass is 35.5. The van der Waals surface area contributed by atoms with Crippen molar-refractivity contribution in [2.24, 2.45) is 11.8 Å². The van der Waals surface area contributed by atoms with Crippen LogP contribution in [0.4, 0.5) is 4.39 Å². The Hall–Kier alpha value is -3.45. The van der Waals surface area contributed by atoms with Crippen molar-refractivity contribution in [3.63, 3.8) is 0 Å². The maximum Gasteiger partial charge on any atom is 0.225 e. The number of methoxy groups -OCH3 is 1. The molecule has 0 N–H and O–H groups in total. The fourth-order valence-electron chi connectivity index (χ4n) is 5.07. The van der Waals surface area contributed by atoms with E-state index in [1.165, 1.54) is 13.2 Å². The van der Waals surface area contributed by atoms with Crippen LogP contribution in [0.25, 0.3) is 33.7 Å². The minimum atomic E-state index is -0.394. The third-order valence-electron chi connectivity index (χ3n) is 7.14. The van der Waals surface area contributed by atoms with Gasteiger partial charge in [0.1, 0.15) is 11.3 Å². The predicted molar refractivity (Wildman–Crippen MR) is 137 cm³/mol. The summed E-state index contributed by atoms with van der Waals surface area (Å²) in [5.74, 6) is 1.52. The van der Waals surface area contributed by atoms with Crippen molar-refractivity contribution >= 4 is 28.7 Å². The molecule has 0 bridgehead atoms. The minimum Gasteiger partial charge on any atom is -0.494 e. The average Bonchev–Trinajstić information content (AvgIpc) is 3.54. The molecule has 1 aliphatic heterocycles. The lowest BCUT2D eigenvalue weighted by atomic mass is 10.0. The molecule has 2 aromatic heterocycles. The summed E-state index contributed by atoms with van der Waals surface area (Å²) in [6, 6.07) is 14.7. The van der Waals surface area contributed by atoms with Crippen molar-refractivity contribution < 1.29 is 13.9 Å². The maximum atomic E-state index is 14.2. The van der Waals surface area contributed by atoms with E-state index in [-0.39, 0.29) is 11.7 Å². The standard InChI is InChI=1S/C28H26ClFN4O2/c1-36-25-9-8-21(12-23(25)30)18-2-4-19(5-3-18)26-32-24-13-22(29)14-31-27(24)34(26)16-17-10-11-33(15-17)28(35)20-6-7-20/h2-5,8-9,12-14,17,20H,6-7,10-11,15-16H2,1H3/t17-/m1/s1. The van der Waals surface area contributed by atoms with E-state index in [4.69, 9.17) is 21.3 Å². The molecule has 2 aliphatic rings. The van der Waals surface area contributed by atoms with Gasteiger partial charge in [0.05, 0.1) is 12.1 Å². The number of carbonyl (C=O) groups excluding carboxylic acids is 1. The first kappa shape index (κ1) is 23.0. The van der Waals surface area contributed by atoms with Crippen molar-refractivity contribution in [2.45, 2.75) is 25.8 Å². The number of halogens is 2. The molecular weight excluding hydrogens is 479 g/mol. The second kappa shape index (κ2) is 9.21. The SMILES string of the molecule is COc1ccc(-c2ccc(-c3nc4cc(Cl)cnc4n3C[C@@H]3CCN(C(=O)C4CC4)C3)cc2)cc1F. The summed E-state index contributed by atoms with van der Waals surface area (Å²) in [5, 5.41) is 0.539. The second-order valence-electron chi connectivity index (χ2n) is 9.68. The zero-order valence-electron chi connectivity index (χ0n) is 20.0. The molecule has 0 spiro atoms. The summed E-state index contributed by atoms with van der Waals surface area (Å²) in [5.41, 5.74) is 4.12. The Morgan fingerprint density at radius 1 is 1.08 bits per heavy atom. The molecule has 6 nitrogen and oxygen atoms in total. The van der Waals surface area contributed by atoms with Gasteiger partial charge in [-0.3, -0.25) is 4.79 Å². The number of hydrogen-bond donors (Lipinski definition) is 0. The molecule has 1 aliphatic carbocycles. The summed E-state index contributed by atoms with van der Waals surface area (Å²) in [6.45, 7) is 2.30. The first-order chi connectivity index (χ1) is 17.5. The van der Waals surface area contributed by atoms with E-state index in [1.807, 2.05) is 41.3 Å². The number of likely N-dealkylation sites (tertiary alicyclic amines) is 1. The van der Waals surface area contributed by atoms with Crippen molar-refractivity contribution in [3.05, 3.63) is 65.6 Å². The zero-order chi connectivity index (χ0) is 24.8. The molecule has 1 amide bonds. The zero-order valence-corrected chi connectivity index (χ0v) is 20.7. The van der Waals surface area contributed by atoms with Crippen molar-refractivity contribution in [1.82, 2.24) is 19.4 Å². The molecule has 1 saturated heterocycles. The van der Waals surface area contributed by atoms with E-state index in [0.717, 1.165) is 72.6 Å². The Kier molecular flexibility index (Phi) is 5.88. The molecule has 184 valence electrons. The van der Waals surface area contributed by atoms with Gasteiger partial charge in [-0.1, -0.05) is 41.9 Å². The van der Waals surface area contributed by atoms with Crippen LogP contribution in [0.5, 0.6) is 5.75 Å². The van der Waals surface area contributed by atoms with E-state index in [0.29, 0.717) is 16.8 Å². The van der Waals surface area contributed by atoms with Crippen LogP contribution in [0, 0.1) is 17.7 Å². The molecule has 1 atom stereocenters.